The lowest BCUT2D eigenvalue weighted by Crippen LogP contribution is -2.54. The zero-order chi connectivity index (χ0) is 14.8. The molecule has 2 aromatic rings. The maximum atomic E-state index is 11.8. The Morgan fingerprint density at radius 3 is 2.81 bits per heavy atom. The maximum absolute atomic E-state index is 11.8. The Kier molecular flexibility index (Phi) is 3.43. The first-order valence-electron chi connectivity index (χ1n) is 6.89. The summed E-state index contributed by atoms with van der Waals surface area (Å²) in [5.74, 6) is 1.66. The molecule has 1 fully saturated rings. The first-order chi connectivity index (χ1) is 10.1. The summed E-state index contributed by atoms with van der Waals surface area (Å²) in [7, 11) is 0. The van der Waals surface area contributed by atoms with E-state index in [4.69, 9.17) is 5.73 Å². The van der Waals surface area contributed by atoms with Crippen LogP contribution in [0.1, 0.15) is 6.92 Å². The highest BCUT2D eigenvalue weighted by Crippen LogP contribution is 2.23. The Hall–Kier alpha value is -2.63. The van der Waals surface area contributed by atoms with Gasteiger partial charge in [-0.25, -0.2) is 9.97 Å². The monoisotopic (exact) mass is 283 g/mol. The lowest BCUT2D eigenvalue weighted by atomic mass is 10.2. The van der Waals surface area contributed by atoms with Crippen molar-refractivity contribution in [2.24, 2.45) is 0 Å². The molecule has 1 aromatic heterocycles. The smallest absolute Gasteiger partial charge is 0.242 e. The summed E-state index contributed by atoms with van der Waals surface area (Å²) in [6, 6.07) is 11.1. The predicted octanol–water partition coefficient (Wildman–Crippen LogP) is 1.05. The number of benzene rings is 1. The van der Waals surface area contributed by atoms with Gasteiger partial charge in [-0.2, -0.15) is 0 Å². The standard InChI is InChI=1S/C15H17N5O/c1-10-15(21)17-7-8-20(10)13-9-12(16)18-14(19-13)11-5-3-2-4-6-11/h2-6,9-10H,7-8H2,1H3,(H,17,21)(H2,16,18,19). The van der Waals surface area contributed by atoms with Gasteiger partial charge in [-0.05, 0) is 6.92 Å². The third kappa shape index (κ3) is 2.65. The van der Waals surface area contributed by atoms with Crippen molar-refractivity contribution in [1.29, 1.82) is 0 Å². The van der Waals surface area contributed by atoms with E-state index < -0.39 is 0 Å². The van der Waals surface area contributed by atoms with Gasteiger partial charge in [0.2, 0.25) is 5.91 Å². The number of amides is 1. The average Bonchev–Trinajstić information content (AvgIpc) is 2.50. The molecule has 1 aromatic carbocycles. The highest BCUT2D eigenvalue weighted by atomic mass is 16.2. The van der Waals surface area contributed by atoms with Gasteiger partial charge in [0.15, 0.2) is 5.82 Å². The fourth-order valence-electron chi connectivity index (χ4n) is 2.41. The summed E-state index contributed by atoms with van der Waals surface area (Å²) in [4.78, 5) is 22.6. The lowest BCUT2D eigenvalue weighted by molar-refractivity contribution is -0.122. The number of piperazine rings is 1. The van der Waals surface area contributed by atoms with Gasteiger partial charge >= 0.3 is 0 Å². The van der Waals surface area contributed by atoms with Crippen molar-refractivity contribution in [3.05, 3.63) is 36.4 Å². The van der Waals surface area contributed by atoms with Gasteiger partial charge in [-0.15, -0.1) is 0 Å². The Bertz CT molecular complexity index is 658. The fourth-order valence-corrected chi connectivity index (χ4v) is 2.41. The molecular formula is C15H17N5O. The molecule has 0 aliphatic carbocycles. The Morgan fingerprint density at radius 2 is 2.05 bits per heavy atom. The first-order valence-corrected chi connectivity index (χ1v) is 6.89. The molecule has 2 heterocycles. The van der Waals surface area contributed by atoms with Crippen LogP contribution in [0, 0.1) is 0 Å². The van der Waals surface area contributed by atoms with Gasteiger partial charge in [0.25, 0.3) is 0 Å². The van der Waals surface area contributed by atoms with Crippen LogP contribution in [0.3, 0.4) is 0 Å². The van der Waals surface area contributed by atoms with Crippen LogP contribution >= 0.6 is 0 Å². The van der Waals surface area contributed by atoms with Gasteiger partial charge in [0.05, 0.1) is 0 Å². The van der Waals surface area contributed by atoms with Crippen molar-refractivity contribution in [2.75, 3.05) is 23.7 Å². The third-order valence-electron chi connectivity index (χ3n) is 3.56. The number of nitrogen functional groups attached to an aromatic ring is 1. The van der Waals surface area contributed by atoms with Crippen molar-refractivity contribution >= 4 is 17.5 Å². The van der Waals surface area contributed by atoms with E-state index in [-0.39, 0.29) is 11.9 Å². The minimum atomic E-state index is -0.267. The van der Waals surface area contributed by atoms with Crippen LogP contribution in [-0.4, -0.2) is 35.0 Å². The van der Waals surface area contributed by atoms with Crippen molar-refractivity contribution in [3.8, 4) is 11.4 Å². The zero-order valence-corrected chi connectivity index (χ0v) is 11.8. The van der Waals surface area contributed by atoms with Crippen LogP contribution in [0.15, 0.2) is 36.4 Å². The molecule has 0 saturated carbocycles. The van der Waals surface area contributed by atoms with E-state index in [1.807, 2.05) is 42.2 Å². The van der Waals surface area contributed by atoms with E-state index in [1.54, 1.807) is 6.07 Å². The number of hydrogen-bond acceptors (Lipinski definition) is 5. The molecular weight excluding hydrogens is 266 g/mol. The molecule has 0 radical (unpaired) electrons. The molecule has 1 aliphatic heterocycles. The van der Waals surface area contributed by atoms with Crippen LogP contribution in [0.5, 0.6) is 0 Å². The van der Waals surface area contributed by atoms with Gasteiger partial charge in [-0.1, -0.05) is 30.3 Å². The number of carbonyl (C=O) groups excluding carboxylic acids is 1. The molecule has 1 unspecified atom stereocenters. The van der Waals surface area contributed by atoms with Crippen molar-refractivity contribution in [1.82, 2.24) is 15.3 Å². The lowest BCUT2D eigenvalue weighted by Gasteiger charge is -2.33. The Morgan fingerprint density at radius 1 is 1.29 bits per heavy atom. The fraction of sp³-hybridized carbons (Fsp3) is 0.267. The van der Waals surface area contributed by atoms with E-state index in [0.717, 1.165) is 5.56 Å². The minimum Gasteiger partial charge on any atom is -0.384 e. The number of nitrogens with one attached hydrogen (secondary N) is 1. The number of nitrogens with two attached hydrogens (primary N) is 1. The van der Waals surface area contributed by atoms with Gasteiger partial charge in [0, 0.05) is 24.7 Å². The molecule has 1 aliphatic rings. The Balaban J connectivity index is 2.00. The van der Waals surface area contributed by atoms with Crippen LogP contribution < -0.4 is 16.0 Å². The Labute approximate surface area is 123 Å². The van der Waals surface area contributed by atoms with Crippen LogP contribution in [0.2, 0.25) is 0 Å². The number of nitrogens with zero attached hydrogens (tertiary/aromatic N) is 3. The van der Waals surface area contributed by atoms with Crippen LogP contribution in [-0.2, 0) is 4.79 Å². The summed E-state index contributed by atoms with van der Waals surface area (Å²) in [5, 5.41) is 2.84. The molecule has 6 heteroatoms. The second-order valence-corrected chi connectivity index (χ2v) is 5.00. The molecule has 1 saturated heterocycles. The highest BCUT2D eigenvalue weighted by Gasteiger charge is 2.27. The van der Waals surface area contributed by atoms with Crippen molar-refractivity contribution in [3.63, 3.8) is 0 Å². The molecule has 6 nitrogen and oxygen atoms in total. The topological polar surface area (TPSA) is 84.1 Å². The zero-order valence-electron chi connectivity index (χ0n) is 11.8. The molecule has 0 spiro atoms. The van der Waals surface area contributed by atoms with E-state index in [1.165, 1.54) is 0 Å². The van der Waals surface area contributed by atoms with Crippen molar-refractivity contribution < 1.29 is 4.79 Å². The molecule has 3 rings (SSSR count). The van der Waals surface area contributed by atoms with Crippen molar-refractivity contribution in [2.45, 2.75) is 13.0 Å². The third-order valence-corrected chi connectivity index (χ3v) is 3.56. The van der Waals surface area contributed by atoms with E-state index >= 15 is 0 Å². The normalized spacial score (nSPS) is 18.4. The minimum absolute atomic E-state index is 0.000283. The van der Waals surface area contributed by atoms with Gasteiger partial charge in [-0.3, -0.25) is 4.79 Å². The molecule has 3 N–H and O–H groups in total. The summed E-state index contributed by atoms with van der Waals surface area (Å²) < 4.78 is 0. The molecule has 108 valence electrons. The second kappa shape index (κ2) is 5.40. The van der Waals surface area contributed by atoms with Crippen LogP contribution in [0.25, 0.3) is 11.4 Å². The summed E-state index contributed by atoms with van der Waals surface area (Å²) in [6.45, 7) is 3.17. The molecule has 1 amide bonds. The maximum Gasteiger partial charge on any atom is 0.242 e. The molecule has 1 atom stereocenters. The highest BCUT2D eigenvalue weighted by molar-refractivity contribution is 5.86. The SMILES string of the molecule is CC1C(=O)NCCN1c1cc(N)nc(-c2ccccc2)n1. The summed E-state index contributed by atoms with van der Waals surface area (Å²) in [6.07, 6.45) is 0. The first kappa shape index (κ1) is 13.4. The number of carbonyl (C=O) groups is 1. The number of anilines is 2. The second-order valence-electron chi connectivity index (χ2n) is 5.00. The molecule has 21 heavy (non-hydrogen) atoms. The predicted molar refractivity (Wildman–Crippen MR) is 81.7 cm³/mol. The number of rotatable bonds is 2. The van der Waals surface area contributed by atoms with E-state index in [2.05, 4.69) is 15.3 Å². The number of hydrogen-bond donors (Lipinski definition) is 2. The largest absolute Gasteiger partial charge is 0.384 e. The van der Waals surface area contributed by atoms with Gasteiger partial charge in [0.1, 0.15) is 17.7 Å². The number of aromatic nitrogens is 2. The quantitative estimate of drug-likeness (QED) is 0.860. The summed E-state index contributed by atoms with van der Waals surface area (Å²) in [5.41, 5.74) is 6.81. The van der Waals surface area contributed by atoms with E-state index in [0.29, 0.717) is 30.5 Å². The molecule has 0 bridgehead atoms. The van der Waals surface area contributed by atoms with Crippen LogP contribution in [0.4, 0.5) is 11.6 Å². The van der Waals surface area contributed by atoms with Gasteiger partial charge < -0.3 is 16.0 Å². The van der Waals surface area contributed by atoms with E-state index in [9.17, 15) is 4.79 Å². The summed E-state index contributed by atoms with van der Waals surface area (Å²) >= 11 is 0. The average molecular weight is 283 g/mol.